The van der Waals surface area contributed by atoms with Crippen LogP contribution in [0.25, 0.3) is 5.65 Å². The molecular weight excluding hydrogens is 640 g/mol. The summed E-state index contributed by atoms with van der Waals surface area (Å²) in [7, 11) is 0. The van der Waals surface area contributed by atoms with E-state index in [2.05, 4.69) is 10.3 Å². The van der Waals surface area contributed by atoms with Gasteiger partial charge in [0.2, 0.25) is 0 Å². The van der Waals surface area contributed by atoms with E-state index in [0.717, 1.165) is 16.4 Å². The quantitative estimate of drug-likeness (QED) is 0.359. The summed E-state index contributed by atoms with van der Waals surface area (Å²) in [5, 5.41) is 14.7. The number of nitrogens with zero attached hydrogens (tertiary/aromatic N) is 4. The van der Waals surface area contributed by atoms with Crippen LogP contribution < -0.4 is 5.32 Å². The number of piperidine rings is 1. The van der Waals surface area contributed by atoms with Crippen LogP contribution in [0, 0.1) is 9.39 Å². The highest BCUT2D eigenvalue weighted by Crippen LogP contribution is 2.38. The summed E-state index contributed by atoms with van der Waals surface area (Å²) in [5.74, 6) is -0.873. The van der Waals surface area contributed by atoms with Crippen LogP contribution in [0.1, 0.15) is 50.4 Å². The lowest BCUT2D eigenvalue weighted by Crippen LogP contribution is -2.73. The molecule has 2 N–H and O–H groups in total. The number of amides is 2. The summed E-state index contributed by atoms with van der Waals surface area (Å²) in [6.45, 7) is 5.96. The molecule has 0 spiro atoms. The monoisotopic (exact) mass is 669 g/mol. The van der Waals surface area contributed by atoms with E-state index in [1.165, 1.54) is 11.0 Å². The van der Waals surface area contributed by atoms with Gasteiger partial charge in [0.25, 0.3) is 5.91 Å². The van der Waals surface area contributed by atoms with Crippen LogP contribution in [0.3, 0.4) is 0 Å². The Morgan fingerprint density at radius 1 is 1.28 bits per heavy atom. The molecule has 0 bridgehead atoms. The molecule has 2 aliphatic heterocycles. The van der Waals surface area contributed by atoms with Crippen molar-refractivity contribution >= 4 is 63.2 Å². The van der Waals surface area contributed by atoms with Crippen molar-refractivity contribution in [3.63, 3.8) is 0 Å². The number of pyridine rings is 1. The molecule has 0 radical (unpaired) electrons. The Balaban J connectivity index is 1.40. The van der Waals surface area contributed by atoms with Crippen molar-refractivity contribution in [2.24, 2.45) is 0 Å². The largest absolute Gasteiger partial charge is 0.444 e. The average Bonchev–Trinajstić information content (AvgIpc) is 3.32. The van der Waals surface area contributed by atoms with Crippen LogP contribution in [0.15, 0.2) is 36.8 Å². The number of carbonyl (C=O) groups is 2. The number of ether oxygens (including phenoxy) is 1. The molecule has 5 rings (SSSR count). The summed E-state index contributed by atoms with van der Waals surface area (Å²) in [4.78, 5) is 34.0. The Bertz CT molecular complexity index is 1440. The number of nitrogens with one attached hydrogen (secondary N) is 1. The summed E-state index contributed by atoms with van der Waals surface area (Å²) in [5.41, 5.74) is -0.920. The molecule has 2 amide bonds. The highest BCUT2D eigenvalue weighted by atomic mass is 127. The number of rotatable bonds is 4. The van der Waals surface area contributed by atoms with E-state index >= 15 is 0 Å². The molecular formula is C27H30ClFIN5O4. The normalized spacial score (nSPS) is 19.1. The first kappa shape index (κ1) is 27.9. The first-order chi connectivity index (χ1) is 18.4. The molecule has 2 aliphatic rings. The zero-order valence-corrected chi connectivity index (χ0v) is 24.8. The fourth-order valence-corrected chi connectivity index (χ4v) is 5.95. The van der Waals surface area contributed by atoms with E-state index in [1.54, 1.807) is 60.8 Å². The van der Waals surface area contributed by atoms with Crippen LogP contribution in [0.4, 0.5) is 20.6 Å². The highest BCUT2D eigenvalue weighted by molar-refractivity contribution is 14.1. The molecule has 4 heterocycles. The number of aliphatic hydroxyl groups is 1. The first-order valence-electron chi connectivity index (χ1n) is 12.7. The number of likely N-dealkylation sites (tertiary alicyclic amines) is 2. The second kappa shape index (κ2) is 10.4. The van der Waals surface area contributed by atoms with Gasteiger partial charge in [-0.05, 0) is 80.8 Å². The van der Waals surface area contributed by atoms with Crippen LogP contribution in [-0.2, 0) is 4.74 Å². The molecule has 39 heavy (non-hydrogen) atoms. The maximum atomic E-state index is 14.7. The number of fused-ring (bicyclic) bond motifs is 1. The van der Waals surface area contributed by atoms with Gasteiger partial charge in [-0.3, -0.25) is 4.79 Å². The van der Waals surface area contributed by atoms with E-state index in [9.17, 15) is 19.1 Å². The fourth-order valence-electron chi connectivity index (χ4n) is 5.20. The summed E-state index contributed by atoms with van der Waals surface area (Å²) in [6, 6.07) is 4.23. The molecule has 2 aromatic heterocycles. The third-order valence-corrected chi connectivity index (χ3v) is 8.04. The van der Waals surface area contributed by atoms with Gasteiger partial charge >= 0.3 is 6.09 Å². The zero-order chi connectivity index (χ0) is 28.1. The number of anilines is 2. The van der Waals surface area contributed by atoms with Crippen molar-refractivity contribution < 1.29 is 23.8 Å². The highest BCUT2D eigenvalue weighted by Gasteiger charge is 2.53. The second-order valence-corrected chi connectivity index (χ2v) is 12.7. The fraction of sp³-hybridized carbons (Fsp3) is 0.444. The van der Waals surface area contributed by atoms with Gasteiger partial charge in [-0.15, -0.1) is 0 Å². The Morgan fingerprint density at radius 3 is 2.72 bits per heavy atom. The van der Waals surface area contributed by atoms with Crippen molar-refractivity contribution in [1.29, 1.82) is 0 Å². The van der Waals surface area contributed by atoms with E-state index in [4.69, 9.17) is 16.3 Å². The SMILES string of the molecule is CC(C)(C)OC(=O)N1CCCCC1C1(O)CN(C(=O)c2cn3ccnc3c(Cl)c2Nc2ccc(I)cc2F)C1. The van der Waals surface area contributed by atoms with Gasteiger partial charge in [-0.1, -0.05) is 11.6 Å². The number of aromatic nitrogens is 2. The molecule has 12 heteroatoms. The summed E-state index contributed by atoms with van der Waals surface area (Å²) in [6.07, 6.45) is 6.65. The topological polar surface area (TPSA) is 99.4 Å². The Labute approximate surface area is 244 Å². The number of benzene rings is 1. The minimum Gasteiger partial charge on any atom is -0.444 e. The van der Waals surface area contributed by atoms with Crippen molar-refractivity contribution in [2.45, 2.75) is 57.3 Å². The maximum absolute atomic E-state index is 14.7. The molecule has 2 fully saturated rings. The minimum atomic E-state index is -1.27. The average molecular weight is 670 g/mol. The summed E-state index contributed by atoms with van der Waals surface area (Å²) < 4.78 is 22.6. The predicted molar refractivity (Wildman–Crippen MR) is 154 cm³/mol. The maximum Gasteiger partial charge on any atom is 0.410 e. The van der Waals surface area contributed by atoms with Gasteiger partial charge in [0.15, 0.2) is 5.65 Å². The molecule has 3 aromatic rings. The molecule has 1 aromatic carbocycles. The van der Waals surface area contributed by atoms with Gasteiger partial charge in [0, 0.05) is 28.7 Å². The van der Waals surface area contributed by atoms with Crippen LogP contribution in [-0.4, -0.2) is 73.2 Å². The lowest BCUT2D eigenvalue weighted by Gasteiger charge is -2.54. The van der Waals surface area contributed by atoms with Crippen molar-refractivity contribution in [3.8, 4) is 0 Å². The Morgan fingerprint density at radius 2 is 2.03 bits per heavy atom. The molecule has 1 atom stereocenters. The Hall–Kier alpha value is -2.64. The number of hydrogen-bond donors (Lipinski definition) is 2. The Kier molecular flexibility index (Phi) is 7.44. The van der Waals surface area contributed by atoms with Gasteiger partial charge in [-0.25, -0.2) is 14.2 Å². The third-order valence-electron chi connectivity index (χ3n) is 7.01. The second-order valence-electron chi connectivity index (χ2n) is 11.1. The number of carbonyl (C=O) groups excluding carboxylic acids is 2. The van der Waals surface area contributed by atoms with E-state index in [-0.39, 0.29) is 41.0 Å². The molecule has 1 unspecified atom stereocenters. The molecule has 0 saturated carbocycles. The van der Waals surface area contributed by atoms with Crippen LogP contribution >= 0.6 is 34.2 Å². The third kappa shape index (κ3) is 5.53. The predicted octanol–water partition coefficient (Wildman–Crippen LogP) is 5.45. The van der Waals surface area contributed by atoms with Crippen LogP contribution in [0.5, 0.6) is 0 Å². The number of β-amino-alcohol motifs (C(OH)–C–C–N with tert-alkyl or cyclic N) is 1. The molecule has 208 valence electrons. The minimum absolute atomic E-state index is 0.0344. The lowest BCUT2D eigenvalue weighted by atomic mass is 9.80. The lowest BCUT2D eigenvalue weighted by molar-refractivity contribution is -0.137. The molecule has 2 saturated heterocycles. The van der Waals surface area contributed by atoms with Gasteiger partial charge in [0.05, 0.1) is 36.1 Å². The number of halogens is 3. The van der Waals surface area contributed by atoms with E-state index < -0.39 is 29.2 Å². The first-order valence-corrected chi connectivity index (χ1v) is 14.2. The molecule has 9 nitrogen and oxygen atoms in total. The standard InChI is InChI=1S/C27H30ClFIN5O4/c1-26(2,3)39-25(37)35-10-5-4-6-20(35)27(38)14-34(15-27)24(36)17-13-33-11-9-31-23(33)21(28)22(17)32-19-8-7-16(30)12-18(19)29/h7-9,11-13,20,32,38H,4-6,10,14-15H2,1-3H3. The smallest absolute Gasteiger partial charge is 0.410 e. The summed E-state index contributed by atoms with van der Waals surface area (Å²) >= 11 is 8.69. The van der Waals surface area contributed by atoms with Gasteiger partial charge in [0.1, 0.15) is 22.0 Å². The molecule has 0 aliphatic carbocycles. The van der Waals surface area contributed by atoms with Crippen molar-refractivity contribution in [2.75, 3.05) is 25.0 Å². The van der Waals surface area contributed by atoms with Gasteiger partial charge < -0.3 is 29.4 Å². The zero-order valence-electron chi connectivity index (χ0n) is 21.9. The van der Waals surface area contributed by atoms with Crippen molar-refractivity contribution in [3.05, 3.63) is 56.8 Å². The van der Waals surface area contributed by atoms with E-state index in [0.29, 0.717) is 18.6 Å². The van der Waals surface area contributed by atoms with Gasteiger partial charge in [-0.2, -0.15) is 0 Å². The van der Waals surface area contributed by atoms with Crippen LogP contribution in [0.2, 0.25) is 5.02 Å². The number of hydrogen-bond acceptors (Lipinski definition) is 6. The van der Waals surface area contributed by atoms with E-state index in [1.807, 2.05) is 22.6 Å². The van der Waals surface area contributed by atoms with Crippen molar-refractivity contribution in [1.82, 2.24) is 19.2 Å². The number of imidazole rings is 1.